The Morgan fingerprint density at radius 1 is 1.40 bits per heavy atom. The molecule has 128 valence electrons. The van der Waals surface area contributed by atoms with Crippen molar-refractivity contribution >= 4 is 29.4 Å². The lowest BCUT2D eigenvalue weighted by Crippen LogP contribution is -2.37. The van der Waals surface area contributed by atoms with Crippen molar-refractivity contribution in [3.8, 4) is 0 Å². The molecule has 1 fully saturated rings. The number of hydroxylamine groups is 2. The van der Waals surface area contributed by atoms with Crippen LogP contribution in [0.1, 0.15) is 33.0 Å². The molecule has 4 rings (SSSR count). The molecule has 2 aromatic rings. The number of thiophene rings is 1. The van der Waals surface area contributed by atoms with Crippen LogP contribution in [-0.4, -0.2) is 33.6 Å². The maximum absolute atomic E-state index is 12.7. The quantitative estimate of drug-likeness (QED) is 0.891. The Balaban J connectivity index is 1.66. The number of rotatable bonds is 5. The Labute approximate surface area is 148 Å². The van der Waals surface area contributed by atoms with Gasteiger partial charge in [0.15, 0.2) is 6.04 Å². The number of nitrogens with zero attached hydrogens (tertiary/aromatic N) is 2. The fourth-order valence-electron chi connectivity index (χ4n) is 3.30. The number of carboxylic acid groups (broad SMARTS) is 1. The van der Waals surface area contributed by atoms with Crippen molar-refractivity contribution in [3.63, 3.8) is 0 Å². The molecule has 2 unspecified atom stereocenters. The van der Waals surface area contributed by atoms with Gasteiger partial charge in [0.05, 0.1) is 6.54 Å². The molecule has 1 aromatic carbocycles. The first-order valence-corrected chi connectivity index (χ1v) is 8.67. The molecule has 0 saturated carbocycles. The van der Waals surface area contributed by atoms with Gasteiger partial charge in [-0.25, -0.2) is 9.59 Å². The standard InChI is InChI=1S/C18H16N2O4S/c1-2-12-8-13-14-9-19(15(17(21)22)16(13)25-12)18(23)20(14)24-10-11-6-4-3-5-7-11/h2-8,14-15H,1,9-10H2,(H,21,22). The van der Waals surface area contributed by atoms with Crippen LogP contribution in [-0.2, 0) is 16.2 Å². The fraction of sp³-hybridized carbons (Fsp3) is 0.222. The van der Waals surface area contributed by atoms with E-state index in [1.807, 2.05) is 36.4 Å². The third kappa shape index (κ3) is 2.52. The summed E-state index contributed by atoms with van der Waals surface area (Å²) in [5, 5.41) is 10.9. The van der Waals surface area contributed by atoms with Gasteiger partial charge in [-0.15, -0.1) is 11.3 Å². The van der Waals surface area contributed by atoms with Gasteiger partial charge >= 0.3 is 12.0 Å². The molecule has 3 heterocycles. The van der Waals surface area contributed by atoms with Crippen LogP contribution < -0.4 is 0 Å². The third-order valence-corrected chi connectivity index (χ3v) is 5.66. The van der Waals surface area contributed by atoms with Crippen LogP contribution in [0.15, 0.2) is 43.0 Å². The van der Waals surface area contributed by atoms with Crippen molar-refractivity contribution < 1.29 is 19.5 Å². The summed E-state index contributed by atoms with van der Waals surface area (Å²) >= 11 is 1.36. The third-order valence-electron chi connectivity index (χ3n) is 4.46. The second kappa shape index (κ2) is 6.02. The van der Waals surface area contributed by atoms with E-state index < -0.39 is 18.0 Å². The van der Waals surface area contributed by atoms with Crippen molar-refractivity contribution in [2.24, 2.45) is 0 Å². The van der Waals surface area contributed by atoms with E-state index in [9.17, 15) is 14.7 Å². The summed E-state index contributed by atoms with van der Waals surface area (Å²) in [5.41, 5.74) is 1.78. The fourth-order valence-corrected chi connectivity index (χ4v) is 4.48. The topological polar surface area (TPSA) is 70.1 Å². The highest BCUT2D eigenvalue weighted by Crippen LogP contribution is 2.47. The van der Waals surface area contributed by atoms with E-state index in [0.717, 1.165) is 16.0 Å². The second-order valence-corrected chi connectivity index (χ2v) is 7.06. The Morgan fingerprint density at radius 2 is 2.16 bits per heavy atom. The highest BCUT2D eigenvalue weighted by atomic mass is 32.1. The van der Waals surface area contributed by atoms with Crippen LogP contribution in [0.3, 0.4) is 0 Å². The molecule has 2 amide bonds. The molecule has 0 spiro atoms. The van der Waals surface area contributed by atoms with Crippen molar-refractivity contribution in [1.29, 1.82) is 0 Å². The van der Waals surface area contributed by atoms with Crippen molar-refractivity contribution in [2.45, 2.75) is 18.7 Å². The summed E-state index contributed by atoms with van der Waals surface area (Å²) in [5.74, 6) is -1.03. The lowest BCUT2D eigenvalue weighted by atomic mass is 9.99. The first-order chi connectivity index (χ1) is 12.1. The molecule has 1 N–H and O–H groups in total. The summed E-state index contributed by atoms with van der Waals surface area (Å²) in [6.07, 6.45) is 1.70. The minimum atomic E-state index is -1.03. The lowest BCUT2D eigenvalue weighted by Gasteiger charge is -2.27. The minimum absolute atomic E-state index is 0.252. The SMILES string of the molecule is C=Cc1cc2c(s1)C(C(=O)O)N1CC2N(OCc2ccccc2)C1=O. The van der Waals surface area contributed by atoms with Gasteiger partial charge in [0.1, 0.15) is 12.6 Å². The van der Waals surface area contributed by atoms with Gasteiger partial charge in [-0.2, -0.15) is 5.06 Å². The molecule has 6 nitrogen and oxygen atoms in total. The second-order valence-electron chi connectivity index (χ2n) is 5.95. The maximum atomic E-state index is 12.7. The number of aliphatic carboxylic acids is 1. The zero-order valence-corrected chi connectivity index (χ0v) is 14.1. The van der Waals surface area contributed by atoms with E-state index in [1.54, 1.807) is 6.08 Å². The van der Waals surface area contributed by atoms with E-state index in [1.165, 1.54) is 21.3 Å². The molecule has 0 aliphatic carbocycles. The van der Waals surface area contributed by atoms with Crippen LogP contribution in [0, 0.1) is 0 Å². The molecule has 1 aromatic heterocycles. The minimum Gasteiger partial charge on any atom is -0.479 e. The predicted octanol–water partition coefficient (Wildman–Crippen LogP) is 3.44. The monoisotopic (exact) mass is 356 g/mol. The van der Waals surface area contributed by atoms with Crippen molar-refractivity contribution in [1.82, 2.24) is 9.96 Å². The first-order valence-electron chi connectivity index (χ1n) is 7.85. The normalized spacial score (nSPS) is 21.4. The number of fused-ring (bicyclic) bond motifs is 4. The predicted molar refractivity (Wildman–Crippen MR) is 92.7 cm³/mol. The smallest absolute Gasteiger partial charge is 0.345 e. The van der Waals surface area contributed by atoms with Crippen LogP contribution in [0.4, 0.5) is 4.79 Å². The number of hydrogen-bond donors (Lipinski definition) is 1. The summed E-state index contributed by atoms with van der Waals surface area (Å²) in [6.45, 7) is 4.32. The number of carbonyl (C=O) groups is 2. The maximum Gasteiger partial charge on any atom is 0.345 e. The van der Waals surface area contributed by atoms with Crippen LogP contribution in [0.5, 0.6) is 0 Å². The summed E-state index contributed by atoms with van der Waals surface area (Å²) in [7, 11) is 0. The van der Waals surface area contributed by atoms with E-state index >= 15 is 0 Å². The van der Waals surface area contributed by atoms with E-state index in [4.69, 9.17) is 4.84 Å². The van der Waals surface area contributed by atoms with Gasteiger partial charge in [0.2, 0.25) is 0 Å². The van der Waals surface area contributed by atoms with Crippen LogP contribution in [0.2, 0.25) is 0 Å². The summed E-state index contributed by atoms with van der Waals surface area (Å²) in [4.78, 5) is 33.2. The number of urea groups is 1. The molecule has 2 atom stereocenters. The molecular weight excluding hydrogens is 340 g/mol. The average molecular weight is 356 g/mol. The number of benzene rings is 1. The summed E-state index contributed by atoms with van der Waals surface area (Å²) in [6, 6.07) is 9.78. The Morgan fingerprint density at radius 3 is 2.84 bits per heavy atom. The molecule has 2 aliphatic heterocycles. The van der Waals surface area contributed by atoms with Gasteiger partial charge in [0, 0.05) is 9.75 Å². The van der Waals surface area contributed by atoms with Gasteiger partial charge < -0.3 is 10.0 Å². The molecule has 25 heavy (non-hydrogen) atoms. The van der Waals surface area contributed by atoms with Gasteiger partial charge in [-0.3, -0.25) is 4.84 Å². The number of carboxylic acids is 1. The number of carbonyl (C=O) groups excluding carboxylic acids is 1. The summed E-state index contributed by atoms with van der Waals surface area (Å²) < 4.78 is 0. The van der Waals surface area contributed by atoms with Gasteiger partial charge in [0.25, 0.3) is 0 Å². The average Bonchev–Trinajstić information content (AvgIpc) is 3.16. The van der Waals surface area contributed by atoms with Crippen molar-refractivity contribution in [2.75, 3.05) is 6.54 Å². The molecular formula is C18H16N2O4S. The molecule has 7 heteroatoms. The highest BCUT2D eigenvalue weighted by Gasteiger charge is 2.52. The van der Waals surface area contributed by atoms with Gasteiger partial charge in [-0.05, 0) is 17.2 Å². The molecule has 0 radical (unpaired) electrons. The first kappa shape index (κ1) is 15.9. The zero-order chi connectivity index (χ0) is 17.6. The van der Waals surface area contributed by atoms with Gasteiger partial charge in [-0.1, -0.05) is 43.0 Å². The van der Waals surface area contributed by atoms with E-state index in [2.05, 4.69) is 6.58 Å². The Kier molecular flexibility index (Phi) is 3.82. The Hall–Kier alpha value is -2.64. The lowest BCUT2D eigenvalue weighted by molar-refractivity contribution is -0.143. The van der Waals surface area contributed by atoms with Crippen LogP contribution >= 0.6 is 11.3 Å². The largest absolute Gasteiger partial charge is 0.479 e. The Bertz CT molecular complexity index is 848. The van der Waals surface area contributed by atoms with Crippen molar-refractivity contribution in [3.05, 3.63) is 63.9 Å². The number of hydrogen-bond acceptors (Lipinski definition) is 4. The molecule has 2 bridgehead atoms. The number of amides is 2. The molecule has 1 saturated heterocycles. The zero-order valence-electron chi connectivity index (χ0n) is 13.3. The molecule has 2 aliphatic rings. The van der Waals surface area contributed by atoms with E-state index in [-0.39, 0.29) is 12.6 Å². The van der Waals surface area contributed by atoms with Crippen LogP contribution in [0.25, 0.3) is 6.08 Å². The van der Waals surface area contributed by atoms with E-state index in [0.29, 0.717) is 11.4 Å². The highest BCUT2D eigenvalue weighted by molar-refractivity contribution is 7.13.